The molecule has 5 aromatic rings. The predicted octanol–water partition coefficient (Wildman–Crippen LogP) is 6.02. The number of benzene rings is 3. The third kappa shape index (κ3) is 4.44. The highest BCUT2D eigenvalue weighted by Crippen LogP contribution is 2.46. The van der Waals surface area contributed by atoms with Gasteiger partial charge in [0.1, 0.15) is 17.3 Å². The summed E-state index contributed by atoms with van der Waals surface area (Å²) in [5, 5.41) is 9.35. The molecular weight excluding hydrogens is 563 g/mol. The van der Waals surface area contributed by atoms with Gasteiger partial charge >= 0.3 is 5.97 Å². The minimum Gasteiger partial charge on any atom is -0.478 e. The lowest BCUT2D eigenvalue weighted by Crippen LogP contribution is -2.44. The van der Waals surface area contributed by atoms with E-state index in [9.17, 15) is 19.1 Å². The summed E-state index contributed by atoms with van der Waals surface area (Å²) in [6.45, 7) is 0. The van der Waals surface area contributed by atoms with Crippen LogP contribution in [0.5, 0.6) is 0 Å². The van der Waals surface area contributed by atoms with Crippen LogP contribution in [-0.2, 0) is 6.42 Å². The smallest absolute Gasteiger partial charge is 0.337 e. The van der Waals surface area contributed by atoms with E-state index in [0.717, 1.165) is 18.4 Å². The van der Waals surface area contributed by atoms with Crippen LogP contribution in [-0.4, -0.2) is 15.6 Å². The number of carboxylic acid groups (broad SMARTS) is 1. The summed E-state index contributed by atoms with van der Waals surface area (Å²) < 4.78 is 22.1. The first-order chi connectivity index (χ1) is 19.9. The molecule has 9 heteroatoms. The Morgan fingerprint density at radius 1 is 1.10 bits per heavy atom. The van der Waals surface area contributed by atoms with Gasteiger partial charge in [-0.25, -0.2) is 9.18 Å². The minimum absolute atomic E-state index is 0.00796. The van der Waals surface area contributed by atoms with Gasteiger partial charge in [-0.1, -0.05) is 65.4 Å². The van der Waals surface area contributed by atoms with E-state index in [0.29, 0.717) is 26.4 Å². The third-order valence-corrected chi connectivity index (χ3v) is 9.20. The van der Waals surface area contributed by atoms with Gasteiger partial charge in [-0.05, 0) is 65.9 Å². The molecule has 3 aromatic carbocycles. The lowest BCUT2D eigenvalue weighted by molar-refractivity contribution is 0.0697. The predicted molar refractivity (Wildman–Crippen MR) is 155 cm³/mol. The average Bonchev–Trinajstić information content (AvgIpc) is 3.56. The molecule has 0 saturated heterocycles. The Morgan fingerprint density at radius 2 is 1.90 bits per heavy atom. The van der Waals surface area contributed by atoms with Crippen molar-refractivity contribution in [2.24, 2.45) is 10.9 Å². The number of carbonyl (C=O) groups is 1. The number of rotatable bonds is 4. The largest absolute Gasteiger partial charge is 0.478 e. The van der Waals surface area contributed by atoms with Crippen LogP contribution >= 0.6 is 22.9 Å². The molecule has 7 rings (SSSR count). The number of aromatic nitrogens is 1. The van der Waals surface area contributed by atoms with E-state index in [2.05, 4.69) is 12.1 Å². The molecule has 41 heavy (non-hydrogen) atoms. The molecule has 0 amide bonds. The van der Waals surface area contributed by atoms with Crippen LogP contribution in [0.4, 0.5) is 4.39 Å². The molecule has 0 fully saturated rings. The maximum absolute atomic E-state index is 13.9. The number of aromatic carboxylic acids is 1. The quantitative estimate of drug-likeness (QED) is 0.280. The number of aryl methyl sites for hydroxylation is 1. The maximum Gasteiger partial charge on any atom is 0.337 e. The van der Waals surface area contributed by atoms with Crippen LogP contribution in [0, 0.1) is 11.7 Å². The summed E-state index contributed by atoms with van der Waals surface area (Å²) in [5.74, 6) is -0.412. The number of fused-ring (bicyclic) bond motifs is 4. The molecule has 0 saturated carbocycles. The third-order valence-electron chi connectivity index (χ3n) is 7.89. The van der Waals surface area contributed by atoms with Gasteiger partial charge < -0.3 is 9.52 Å². The fourth-order valence-corrected chi connectivity index (χ4v) is 7.28. The van der Waals surface area contributed by atoms with Gasteiger partial charge in [0.2, 0.25) is 0 Å². The van der Waals surface area contributed by atoms with Crippen LogP contribution in [0.1, 0.15) is 51.3 Å². The Hall–Kier alpha value is -4.27. The maximum atomic E-state index is 13.9. The van der Waals surface area contributed by atoms with Gasteiger partial charge in [-0.3, -0.25) is 14.4 Å². The zero-order chi connectivity index (χ0) is 28.2. The van der Waals surface area contributed by atoms with Gasteiger partial charge in [-0.2, -0.15) is 0 Å². The molecule has 1 N–H and O–H groups in total. The summed E-state index contributed by atoms with van der Waals surface area (Å²) >= 11 is 7.45. The van der Waals surface area contributed by atoms with Crippen LogP contribution in [0.25, 0.3) is 17.4 Å². The molecule has 0 spiro atoms. The van der Waals surface area contributed by atoms with Crippen molar-refractivity contribution in [3.63, 3.8) is 0 Å². The summed E-state index contributed by atoms with van der Waals surface area (Å²) in [7, 11) is 0. The number of carboxylic acids is 1. The Kier molecular flexibility index (Phi) is 6.25. The van der Waals surface area contributed by atoms with Crippen LogP contribution in [0.15, 0.2) is 93.1 Å². The number of hydrogen-bond donors (Lipinski definition) is 1. The molecule has 6 nitrogen and oxygen atoms in total. The Morgan fingerprint density at radius 3 is 2.68 bits per heavy atom. The summed E-state index contributed by atoms with van der Waals surface area (Å²) in [4.78, 5) is 30.9. The molecule has 0 bridgehead atoms. The normalized spacial score (nSPS) is 19.7. The minimum atomic E-state index is -1.11. The first-order valence-electron chi connectivity index (χ1n) is 13.1. The van der Waals surface area contributed by atoms with E-state index in [-0.39, 0.29) is 40.0 Å². The fourth-order valence-electron chi connectivity index (χ4n) is 6.00. The van der Waals surface area contributed by atoms with Gasteiger partial charge in [0, 0.05) is 17.6 Å². The Bertz CT molecular complexity index is 2010. The van der Waals surface area contributed by atoms with Crippen LogP contribution < -0.4 is 14.9 Å². The molecule has 0 radical (unpaired) electrons. The van der Waals surface area contributed by atoms with E-state index < -0.39 is 5.97 Å². The number of halogens is 2. The van der Waals surface area contributed by atoms with E-state index in [1.54, 1.807) is 41.0 Å². The van der Waals surface area contributed by atoms with Crippen molar-refractivity contribution in [2.75, 3.05) is 0 Å². The van der Waals surface area contributed by atoms with Gasteiger partial charge in [0.25, 0.3) is 5.56 Å². The summed E-state index contributed by atoms with van der Waals surface area (Å²) in [6.07, 6.45) is 3.45. The van der Waals surface area contributed by atoms with Crippen molar-refractivity contribution >= 4 is 35.0 Å². The molecule has 0 unspecified atom stereocenters. The van der Waals surface area contributed by atoms with E-state index in [1.807, 2.05) is 12.1 Å². The zero-order valence-electron chi connectivity index (χ0n) is 21.5. The van der Waals surface area contributed by atoms with Crippen molar-refractivity contribution in [2.45, 2.75) is 24.9 Å². The van der Waals surface area contributed by atoms with Crippen LogP contribution in [0.2, 0.25) is 5.02 Å². The number of thiazole rings is 1. The topological polar surface area (TPSA) is 84.8 Å². The molecule has 3 atom stereocenters. The van der Waals surface area contributed by atoms with Gasteiger partial charge in [-0.15, -0.1) is 0 Å². The summed E-state index contributed by atoms with van der Waals surface area (Å²) in [5.41, 5.74) is 3.79. The molecular formula is C32H22ClFN2O4S. The molecule has 3 heterocycles. The molecule has 2 aromatic heterocycles. The van der Waals surface area contributed by atoms with E-state index in [1.165, 1.54) is 46.7 Å². The van der Waals surface area contributed by atoms with E-state index >= 15 is 0 Å². The number of nitrogens with zero attached hydrogens (tertiary/aromatic N) is 2. The average molecular weight is 585 g/mol. The Labute approximate surface area is 242 Å². The van der Waals surface area contributed by atoms with Crippen molar-refractivity contribution in [3.8, 4) is 11.3 Å². The molecule has 204 valence electrons. The molecule has 1 aliphatic heterocycles. The van der Waals surface area contributed by atoms with Crippen molar-refractivity contribution in [3.05, 3.63) is 137 Å². The first-order valence-corrected chi connectivity index (χ1v) is 14.3. The second-order valence-corrected chi connectivity index (χ2v) is 11.7. The lowest BCUT2D eigenvalue weighted by Gasteiger charge is -2.39. The molecule has 2 aliphatic rings. The monoisotopic (exact) mass is 584 g/mol. The zero-order valence-corrected chi connectivity index (χ0v) is 23.0. The fraction of sp³-hybridized carbons (Fsp3) is 0.156. The SMILES string of the molecule is O=C(O)c1ccc(-c2ccc(/C=c3\sc4n(c3=O)[C@H](c3ccc(F)cc3)[C@H]3CCc5ccccc5[C@H]3N=4)o2)cc1Cl. The summed E-state index contributed by atoms with van der Waals surface area (Å²) in [6, 6.07) is 22.4. The van der Waals surface area contributed by atoms with E-state index in [4.69, 9.17) is 21.0 Å². The number of furan rings is 1. The van der Waals surface area contributed by atoms with Crippen molar-refractivity contribution in [1.29, 1.82) is 0 Å². The number of hydrogen-bond acceptors (Lipinski definition) is 5. The first kappa shape index (κ1) is 25.7. The lowest BCUT2D eigenvalue weighted by atomic mass is 9.74. The second-order valence-electron chi connectivity index (χ2n) is 10.2. The second kappa shape index (κ2) is 9.98. The van der Waals surface area contributed by atoms with Crippen molar-refractivity contribution < 1.29 is 18.7 Å². The highest BCUT2D eigenvalue weighted by molar-refractivity contribution is 7.07. The standard InChI is InChI=1S/C32H22ClFN2O4S/c33-25-15-19(8-12-23(25)31(38)39)26-14-11-21(40-26)16-27-30(37)36-29(18-5-9-20(34)10-6-18)24-13-7-17-3-1-2-4-22(17)28(24)35-32(36)41-27/h1-6,8-12,14-16,24,28-29H,7,13H2,(H,38,39)/b27-16-/t24-,28+,29+/m0/s1. The highest BCUT2D eigenvalue weighted by atomic mass is 35.5. The highest BCUT2D eigenvalue weighted by Gasteiger charge is 2.40. The van der Waals surface area contributed by atoms with Crippen molar-refractivity contribution in [1.82, 2.24) is 4.57 Å². The van der Waals surface area contributed by atoms with Crippen LogP contribution in [0.3, 0.4) is 0 Å². The molecule has 1 aliphatic carbocycles. The van der Waals surface area contributed by atoms with Gasteiger partial charge in [0.15, 0.2) is 4.80 Å². The Balaban J connectivity index is 1.34. The van der Waals surface area contributed by atoms with Gasteiger partial charge in [0.05, 0.1) is 27.2 Å².